The number of fused-ring (bicyclic) bond motifs is 1. The largest absolute Gasteiger partial charge is 0.488 e. The minimum Gasteiger partial charge on any atom is -0.488 e. The summed E-state index contributed by atoms with van der Waals surface area (Å²) in [4.78, 5) is 0. The van der Waals surface area contributed by atoms with E-state index >= 15 is 0 Å². The van der Waals surface area contributed by atoms with Crippen molar-refractivity contribution in [1.82, 2.24) is 5.32 Å². The normalized spacial score (nSPS) is 26.9. The van der Waals surface area contributed by atoms with Crippen LogP contribution in [0.15, 0.2) is 18.2 Å². The predicted octanol–water partition coefficient (Wildman–Crippen LogP) is 2.02. The number of rotatable bonds is 3. The van der Waals surface area contributed by atoms with Crippen molar-refractivity contribution in [2.45, 2.75) is 25.0 Å². The molecular formula is C13H16ClNO2. The second-order valence-electron chi connectivity index (χ2n) is 4.66. The van der Waals surface area contributed by atoms with Gasteiger partial charge in [0.05, 0.1) is 6.61 Å². The van der Waals surface area contributed by atoms with Crippen molar-refractivity contribution in [1.29, 1.82) is 0 Å². The summed E-state index contributed by atoms with van der Waals surface area (Å²) in [6, 6.07) is 6.32. The molecule has 92 valence electrons. The second kappa shape index (κ2) is 4.84. The lowest BCUT2D eigenvalue weighted by molar-refractivity contribution is 0.183. The number of ether oxygens (including phenoxy) is 2. The molecule has 0 aromatic heterocycles. The Morgan fingerprint density at radius 1 is 1.41 bits per heavy atom. The van der Waals surface area contributed by atoms with Crippen LogP contribution in [-0.4, -0.2) is 31.9 Å². The molecule has 2 heterocycles. The molecule has 2 aliphatic rings. The van der Waals surface area contributed by atoms with Gasteiger partial charge in [0.15, 0.2) is 0 Å². The zero-order valence-electron chi connectivity index (χ0n) is 9.62. The van der Waals surface area contributed by atoms with Crippen molar-refractivity contribution in [3.8, 4) is 5.75 Å². The maximum atomic E-state index is 5.96. The molecular weight excluding hydrogens is 238 g/mol. The van der Waals surface area contributed by atoms with Crippen molar-refractivity contribution < 1.29 is 9.47 Å². The summed E-state index contributed by atoms with van der Waals surface area (Å²) in [5.41, 5.74) is 1.21. The monoisotopic (exact) mass is 253 g/mol. The fourth-order valence-corrected chi connectivity index (χ4v) is 2.59. The Balaban J connectivity index is 1.55. The van der Waals surface area contributed by atoms with E-state index < -0.39 is 0 Å². The molecule has 2 aliphatic heterocycles. The van der Waals surface area contributed by atoms with Gasteiger partial charge < -0.3 is 14.8 Å². The van der Waals surface area contributed by atoms with Crippen LogP contribution in [0, 0.1) is 0 Å². The molecule has 2 atom stereocenters. The molecule has 0 saturated carbocycles. The van der Waals surface area contributed by atoms with Crippen LogP contribution < -0.4 is 10.1 Å². The van der Waals surface area contributed by atoms with Crippen LogP contribution in [0.4, 0.5) is 0 Å². The first-order valence-electron chi connectivity index (χ1n) is 6.07. The van der Waals surface area contributed by atoms with Gasteiger partial charge in [0.25, 0.3) is 0 Å². The molecule has 3 rings (SSSR count). The maximum Gasteiger partial charge on any atom is 0.123 e. The third kappa shape index (κ3) is 2.57. The molecule has 0 spiro atoms. The van der Waals surface area contributed by atoms with E-state index in [-0.39, 0.29) is 6.10 Å². The Hall–Kier alpha value is -0.770. The van der Waals surface area contributed by atoms with Gasteiger partial charge in [-0.15, -0.1) is 0 Å². The highest BCUT2D eigenvalue weighted by atomic mass is 35.5. The van der Waals surface area contributed by atoms with Crippen molar-refractivity contribution in [2.75, 3.05) is 19.8 Å². The van der Waals surface area contributed by atoms with E-state index in [9.17, 15) is 0 Å². The lowest BCUT2D eigenvalue weighted by Crippen LogP contribution is -2.37. The van der Waals surface area contributed by atoms with Gasteiger partial charge in [-0.2, -0.15) is 0 Å². The molecule has 0 bridgehead atoms. The lowest BCUT2D eigenvalue weighted by atomic mass is 10.1. The van der Waals surface area contributed by atoms with E-state index in [1.54, 1.807) is 0 Å². The van der Waals surface area contributed by atoms with Crippen LogP contribution in [0.1, 0.15) is 12.0 Å². The Morgan fingerprint density at radius 3 is 3.18 bits per heavy atom. The van der Waals surface area contributed by atoms with Crippen molar-refractivity contribution in [2.24, 2.45) is 0 Å². The molecule has 0 radical (unpaired) electrons. The van der Waals surface area contributed by atoms with Crippen LogP contribution >= 0.6 is 11.6 Å². The molecule has 1 N–H and O–H groups in total. The molecule has 1 aromatic rings. The number of nitrogens with one attached hydrogen (secondary N) is 1. The van der Waals surface area contributed by atoms with Crippen molar-refractivity contribution >= 4 is 11.6 Å². The fourth-order valence-electron chi connectivity index (χ4n) is 2.40. The van der Waals surface area contributed by atoms with Gasteiger partial charge in [-0.05, 0) is 30.2 Å². The average Bonchev–Trinajstić information content (AvgIpc) is 2.94. The molecule has 17 heavy (non-hydrogen) atoms. The standard InChI is InChI=1S/C13H16ClNO2/c14-10-1-2-13-9(5-10)6-12(17-13)7-15-11-3-4-16-8-11/h1-2,5,11-12,15H,3-4,6-8H2. The third-order valence-electron chi connectivity index (χ3n) is 3.33. The van der Waals surface area contributed by atoms with E-state index in [2.05, 4.69) is 5.32 Å². The van der Waals surface area contributed by atoms with E-state index in [1.165, 1.54) is 5.56 Å². The van der Waals surface area contributed by atoms with Crippen LogP contribution in [0.3, 0.4) is 0 Å². The predicted molar refractivity (Wildman–Crippen MR) is 66.8 cm³/mol. The van der Waals surface area contributed by atoms with Gasteiger partial charge in [0.1, 0.15) is 11.9 Å². The van der Waals surface area contributed by atoms with Crippen LogP contribution in [0.5, 0.6) is 5.75 Å². The summed E-state index contributed by atoms with van der Waals surface area (Å²) in [7, 11) is 0. The summed E-state index contributed by atoms with van der Waals surface area (Å²) in [5.74, 6) is 0.976. The molecule has 0 amide bonds. The number of hydrogen-bond donors (Lipinski definition) is 1. The first kappa shape index (κ1) is 11.3. The fraction of sp³-hybridized carbons (Fsp3) is 0.538. The van der Waals surface area contributed by atoms with Crippen molar-refractivity contribution in [3.63, 3.8) is 0 Å². The van der Waals surface area contributed by atoms with E-state index in [0.717, 1.165) is 43.4 Å². The minimum absolute atomic E-state index is 0.226. The minimum atomic E-state index is 0.226. The van der Waals surface area contributed by atoms with Gasteiger partial charge in [-0.25, -0.2) is 0 Å². The topological polar surface area (TPSA) is 30.5 Å². The van der Waals surface area contributed by atoms with Crippen LogP contribution in [0.25, 0.3) is 0 Å². The molecule has 1 aromatic carbocycles. The quantitative estimate of drug-likeness (QED) is 0.894. The average molecular weight is 254 g/mol. The van der Waals surface area contributed by atoms with Gasteiger partial charge >= 0.3 is 0 Å². The Labute approximate surface area is 106 Å². The second-order valence-corrected chi connectivity index (χ2v) is 5.10. The molecule has 4 heteroatoms. The number of benzene rings is 1. The highest BCUT2D eigenvalue weighted by Gasteiger charge is 2.24. The number of halogens is 1. The summed E-state index contributed by atoms with van der Waals surface area (Å²) < 4.78 is 11.2. The Bertz CT molecular complexity index is 404. The Kier molecular flexibility index (Phi) is 3.23. The molecule has 1 saturated heterocycles. The van der Waals surface area contributed by atoms with E-state index in [1.807, 2.05) is 18.2 Å². The highest BCUT2D eigenvalue weighted by molar-refractivity contribution is 6.30. The van der Waals surface area contributed by atoms with Crippen LogP contribution in [0.2, 0.25) is 5.02 Å². The van der Waals surface area contributed by atoms with E-state index in [0.29, 0.717) is 6.04 Å². The van der Waals surface area contributed by atoms with Crippen LogP contribution in [-0.2, 0) is 11.2 Å². The first-order chi connectivity index (χ1) is 8.31. The van der Waals surface area contributed by atoms with E-state index in [4.69, 9.17) is 21.1 Å². The zero-order valence-corrected chi connectivity index (χ0v) is 10.4. The van der Waals surface area contributed by atoms with Gasteiger partial charge in [0.2, 0.25) is 0 Å². The van der Waals surface area contributed by atoms with Gasteiger partial charge in [0, 0.05) is 30.6 Å². The molecule has 1 fully saturated rings. The SMILES string of the molecule is Clc1ccc2c(c1)CC(CNC1CCOC1)O2. The Morgan fingerprint density at radius 2 is 2.35 bits per heavy atom. The van der Waals surface area contributed by atoms with Gasteiger partial charge in [-0.3, -0.25) is 0 Å². The van der Waals surface area contributed by atoms with Crippen molar-refractivity contribution in [3.05, 3.63) is 28.8 Å². The first-order valence-corrected chi connectivity index (χ1v) is 6.45. The summed E-state index contributed by atoms with van der Waals surface area (Å²) in [6.07, 6.45) is 2.27. The molecule has 2 unspecified atom stereocenters. The molecule has 0 aliphatic carbocycles. The summed E-state index contributed by atoms with van der Waals surface area (Å²) in [6.45, 7) is 2.57. The summed E-state index contributed by atoms with van der Waals surface area (Å²) in [5, 5.41) is 4.27. The smallest absolute Gasteiger partial charge is 0.123 e. The molecule has 3 nitrogen and oxygen atoms in total. The summed E-state index contributed by atoms with van der Waals surface area (Å²) >= 11 is 5.96. The van der Waals surface area contributed by atoms with Gasteiger partial charge in [-0.1, -0.05) is 11.6 Å². The number of hydrogen-bond acceptors (Lipinski definition) is 3. The highest BCUT2D eigenvalue weighted by Crippen LogP contribution is 2.30. The third-order valence-corrected chi connectivity index (χ3v) is 3.56. The zero-order chi connectivity index (χ0) is 11.7. The lowest BCUT2D eigenvalue weighted by Gasteiger charge is -2.15. The maximum absolute atomic E-state index is 5.96.